The molecule has 0 aliphatic carbocycles. The molecule has 1 unspecified atom stereocenters. The average Bonchev–Trinajstić information content (AvgIpc) is 2.46. The van der Waals surface area contributed by atoms with E-state index in [1.807, 2.05) is 18.8 Å². The molecule has 0 aromatic heterocycles. The number of benzene rings is 1. The maximum absolute atomic E-state index is 12.3. The highest BCUT2D eigenvalue weighted by Gasteiger charge is 2.17. The fourth-order valence-corrected chi connectivity index (χ4v) is 2.48. The van der Waals surface area contributed by atoms with E-state index >= 15 is 0 Å². The van der Waals surface area contributed by atoms with Crippen molar-refractivity contribution in [2.45, 2.75) is 26.3 Å². The van der Waals surface area contributed by atoms with E-state index < -0.39 is 0 Å². The van der Waals surface area contributed by atoms with Gasteiger partial charge in [-0.2, -0.15) is 17.0 Å². The topological polar surface area (TPSA) is 44.1 Å². The molecular weight excluding hydrogens is 256 g/mol. The minimum atomic E-state index is 0.0125. The Hall–Kier alpha value is -1.47. The SMILES string of the molecule is CCSCCC(C)N(C)C(=O)c1ccc(C#N)cc1. The number of carbonyl (C=O) groups excluding carboxylic acids is 1. The molecular formula is C15H20N2OS. The van der Waals surface area contributed by atoms with Crippen LogP contribution in [0, 0.1) is 11.3 Å². The summed E-state index contributed by atoms with van der Waals surface area (Å²) in [7, 11) is 1.84. The Bertz CT molecular complexity index is 450. The Morgan fingerprint density at radius 3 is 2.58 bits per heavy atom. The zero-order valence-corrected chi connectivity index (χ0v) is 12.5. The Morgan fingerprint density at radius 2 is 2.05 bits per heavy atom. The summed E-state index contributed by atoms with van der Waals surface area (Å²) in [6, 6.07) is 9.06. The first-order chi connectivity index (χ1) is 9.10. The third-order valence-electron chi connectivity index (χ3n) is 3.13. The molecule has 0 heterocycles. The number of hydrogen-bond donors (Lipinski definition) is 0. The molecule has 0 fully saturated rings. The van der Waals surface area contributed by atoms with Crippen molar-refractivity contribution in [2.24, 2.45) is 0 Å². The molecule has 1 atom stereocenters. The highest BCUT2D eigenvalue weighted by molar-refractivity contribution is 7.99. The van der Waals surface area contributed by atoms with E-state index in [2.05, 4.69) is 19.9 Å². The lowest BCUT2D eigenvalue weighted by Crippen LogP contribution is -2.35. The zero-order valence-electron chi connectivity index (χ0n) is 11.7. The third-order valence-corrected chi connectivity index (χ3v) is 4.06. The smallest absolute Gasteiger partial charge is 0.253 e. The molecule has 0 radical (unpaired) electrons. The van der Waals surface area contributed by atoms with Crippen LogP contribution in [0.4, 0.5) is 0 Å². The fourth-order valence-electron chi connectivity index (χ4n) is 1.68. The van der Waals surface area contributed by atoms with Gasteiger partial charge in [0.05, 0.1) is 11.6 Å². The van der Waals surface area contributed by atoms with Crippen molar-refractivity contribution in [3.8, 4) is 6.07 Å². The van der Waals surface area contributed by atoms with E-state index in [-0.39, 0.29) is 11.9 Å². The van der Waals surface area contributed by atoms with Gasteiger partial charge in [0.2, 0.25) is 0 Å². The van der Waals surface area contributed by atoms with Gasteiger partial charge in [-0.25, -0.2) is 0 Å². The summed E-state index contributed by atoms with van der Waals surface area (Å²) in [5.74, 6) is 2.20. The first-order valence-electron chi connectivity index (χ1n) is 6.45. The van der Waals surface area contributed by atoms with Crippen LogP contribution in [-0.4, -0.2) is 35.4 Å². The van der Waals surface area contributed by atoms with Crippen LogP contribution >= 0.6 is 11.8 Å². The van der Waals surface area contributed by atoms with Gasteiger partial charge in [0, 0.05) is 18.7 Å². The van der Waals surface area contributed by atoms with Gasteiger partial charge in [0.25, 0.3) is 5.91 Å². The molecule has 4 heteroatoms. The number of amides is 1. The van der Waals surface area contributed by atoms with E-state index in [0.29, 0.717) is 11.1 Å². The minimum Gasteiger partial charge on any atom is -0.339 e. The molecule has 1 aromatic rings. The summed E-state index contributed by atoms with van der Waals surface area (Å²) in [5, 5.41) is 8.74. The molecule has 0 aliphatic heterocycles. The second-order valence-electron chi connectivity index (χ2n) is 4.44. The van der Waals surface area contributed by atoms with Crippen LogP contribution in [0.2, 0.25) is 0 Å². The predicted octanol–water partition coefficient (Wildman–Crippen LogP) is 3.16. The van der Waals surface area contributed by atoms with Gasteiger partial charge in [-0.1, -0.05) is 6.92 Å². The van der Waals surface area contributed by atoms with Gasteiger partial charge in [0.1, 0.15) is 0 Å². The molecule has 0 saturated carbocycles. The van der Waals surface area contributed by atoms with Crippen LogP contribution < -0.4 is 0 Å². The molecule has 19 heavy (non-hydrogen) atoms. The third kappa shape index (κ3) is 4.60. The van der Waals surface area contributed by atoms with Crippen molar-refractivity contribution in [1.29, 1.82) is 5.26 Å². The van der Waals surface area contributed by atoms with E-state index in [1.54, 1.807) is 29.2 Å². The quantitative estimate of drug-likeness (QED) is 0.750. The normalized spacial score (nSPS) is 11.7. The number of hydrogen-bond acceptors (Lipinski definition) is 3. The van der Waals surface area contributed by atoms with Crippen molar-refractivity contribution in [3.63, 3.8) is 0 Å². The largest absolute Gasteiger partial charge is 0.339 e. The van der Waals surface area contributed by atoms with Crippen LogP contribution in [0.3, 0.4) is 0 Å². The summed E-state index contributed by atoms with van der Waals surface area (Å²) in [6.45, 7) is 4.21. The highest BCUT2D eigenvalue weighted by atomic mass is 32.2. The van der Waals surface area contributed by atoms with Gasteiger partial charge >= 0.3 is 0 Å². The fraction of sp³-hybridized carbons (Fsp3) is 0.467. The number of nitrogens with zero attached hydrogens (tertiary/aromatic N) is 2. The van der Waals surface area contributed by atoms with Crippen LogP contribution in [0.1, 0.15) is 36.2 Å². The van der Waals surface area contributed by atoms with E-state index in [9.17, 15) is 4.79 Å². The number of thioether (sulfide) groups is 1. The lowest BCUT2D eigenvalue weighted by atomic mass is 10.1. The second kappa shape index (κ2) is 7.85. The Labute approximate surface area is 119 Å². The van der Waals surface area contributed by atoms with Gasteiger partial charge < -0.3 is 4.90 Å². The second-order valence-corrected chi connectivity index (χ2v) is 5.83. The van der Waals surface area contributed by atoms with Crippen LogP contribution in [0.15, 0.2) is 24.3 Å². The maximum Gasteiger partial charge on any atom is 0.253 e. The zero-order chi connectivity index (χ0) is 14.3. The van der Waals surface area contributed by atoms with Gasteiger partial charge in [-0.15, -0.1) is 0 Å². The monoisotopic (exact) mass is 276 g/mol. The van der Waals surface area contributed by atoms with E-state index in [1.165, 1.54) is 0 Å². The molecule has 1 rings (SSSR count). The van der Waals surface area contributed by atoms with Crippen molar-refractivity contribution in [3.05, 3.63) is 35.4 Å². The lowest BCUT2D eigenvalue weighted by Gasteiger charge is -2.25. The van der Waals surface area contributed by atoms with E-state index in [0.717, 1.165) is 17.9 Å². The highest BCUT2D eigenvalue weighted by Crippen LogP contribution is 2.12. The van der Waals surface area contributed by atoms with Crippen molar-refractivity contribution >= 4 is 17.7 Å². The van der Waals surface area contributed by atoms with Gasteiger partial charge in [-0.05, 0) is 49.1 Å². The van der Waals surface area contributed by atoms with Crippen molar-refractivity contribution < 1.29 is 4.79 Å². The Kier molecular flexibility index (Phi) is 6.44. The molecule has 3 nitrogen and oxygen atoms in total. The standard InChI is InChI=1S/C15H20N2OS/c1-4-19-10-9-12(2)17(3)15(18)14-7-5-13(11-16)6-8-14/h5-8,12H,4,9-10H2,1-3H3. The van der Waals surface area contributed by atoms with Crippen molar-refractivity contribution in [1.82, 2.24) is 4.90 Å². The summed E-state index contributed by atoms with van der Waals surface area (Å²) in [6.07, 6.45) is 0.997. The molecule has 0 bridgehead atoms. The number of nitriles is 1. The summed E-state index contributed by atoms with van der Waals surface area (Å²) in [5.41, 5.74) is 1.21. The number of carbonyl (C=O) groups is 1. The first-order valence-corrected chi connectivity index (χ1v) is 7.60. The summed E-state index contributed by atoms with van der Waals surface area (Å²) < 4.78 is 0. The maximum atomic E-state index is 12.3. The molecule has 1 amide bonds. The lowest BCUT2D eigenvalue weighted by molar-refractivity contribution is 0.0741. The summed E-state index contributed by atoms with van der Waals surface area (Å²) >= 11 is 1.89. The Balaban J connectivity index is 2.62. The molecule has 1 aromatic carbocycles. The summed E-state index contributed by atoms with van der Waals surface area (Å²) in [4.78, 5) is 14.0. The van der Waals surface area contributed by atoms with Crippen LogP contribution in [0.25, 0.3) is 0 Å². The molecule has 102 valence electrons. The number of rotatable bonds is 6. The predicted molar refractivity (Wildman–Crippen MR) is 80.3 cm³/mol. The molecule has 0 saturated heterocycles. The van der Waals surface area contributed by atoms with Crippen LogP contribution in [0.5, 0.6) is 0 Å². The molecule has 0 spiro atoms. The van der Waals surface area contributed by atoms with Gasteiger partial charge in [0.15, 0.2) is 0 Å². The van der Waals surface area contributed by atoms with Gasteiger partial charge in [-0.3, -0.25) is 4.79 Å². The van der Waals surface area contributed by atoms with E-state index in [4.69, 9.17) is 5.26 Å². The van der Waals surface area contributed by atoms with Crippen LogP contribution in [-0.2, 0) is 0 Å². The minimum absolute atomic E-state index is 0.0125. The Morgan fingerprint density at radius 1 is 1.42 bits per heavy atom. The molecule has 0 aliphatic rings. The van der Waals surface area contributed by atoms with Crippen molar-refractivity contribution in [2.75, 3.05) is 18.6 Å². The first kappa shape index (κ1) is 15.6. The molecule has 0 N–H and O–H groups in total. The average molecular weight is 276 g/mol.